The van der Waals surface area contributed by atoms with Crippen molar-refractivity contribution >= 4 is 11.6 Å². The Balaban J connectivity index is 2.28. The van der Waals surface area contributed by atoms with Gasteiger partial charge in [-0.15, -0.1) is 0 Å². The van der Waals surface area contributed by atoms with Crippen LogP contribution in [0, 0.1) is 6.92 Å². The van der Waals surface area contributed by atoms with Crippen LogP contribution in [0.25, 0.3) is 0 Å². The van der Waals surface area contributed by atoms with Crippen molar-refractivity contribution in [3.63, 3.8) is 0 Å². The van der Waals surface area contributed by atoms with Gasteiger partial charge in [-0.3, -0.25) is 0 Å². The highest BCUT2D eigenvalue weighted by Gasteiger charge is 1.97. The maximum absolute atomic E-state index is 5.95. The van der Waals surface area contributed by atoms with Crippen molar-refractivity contribution in [1.82, 2.24) is 10.6 Å². The van der Waals surface area contributed by atoms with Crippen molar-refractivity contribution < 1.29 is 0 Å². The van der Waals surface area contributed by atoms with Crippen LogP contribution < -0.4 is 10.6 Å². The van der Waals surface area contributed by atoms with E-state index in [4.69, 9.17) is 11.6 Å². The standard InChI is InChI=1S/C12H19ClN2/c1-10-8-11(4-5-12(10)13)9-15-7-3-6-14-2/h4-5,8,14-15H,3,6-7,9H2,1-2H3. The van der Waals surface area contributed by atoms with Gasteiger partial charge < -0.3 is 10.6 Å². The molecule has 0 amide bonds. The van der Waals surface area contributed by atoms with Crippen LogP contribution in [0.1, 0.15) is 17.5 Å². The number of nitrogens with one attached hydrogen (secondary N) is 2. The second-order valence-corrected chi connectivity index (χ2v) is 4.12. The van der Waals surface area contributed by atoms with Crippen LogP contribution >= 0.6 is 11.6 Å². The number of rotatable bonds is 6. The molecule has 0 bridgehead atoms. The molecule has 0 heterocycles. The zero-order valence-electron chi connectivity index (χ0n) is 9.44. The Morgan fingerprint density at radius 2 is 2.07 bits per heavy atom. The lowest BCUT2D eigenvalue weighted by Gasteiger charge is -2.06. The Kier molecular flexibility index (Phi) is 5.69. The molecular weight excluding hydrogens is 208 g/mol. The third-order valence-corrected chi connectivity index (χ3v) is 2.76. The molecule has 0 saturated heterocycles. The third-order valence-electron chi connectivity index (χ3n) is 2.33. The van der Waals surface area contributed by atoms with Gasteiger partial charge in [-0.1, -0.05) is 23.7 Å². The first kappa shape index (κ1) is 12.5. The summed E-state index contributed by atoms with van der Waals surface area (Å²) in [6.07, 6.45) is 1.16. The summed E-state index contributed by atoms with van der Waals surface area (Å²) in [5.74, 6) is 0. The molecule has 0 aliphatic rings. The van der Waals surface area contributed by atoms with Crippen LogP contribution in [-0.4, -0.2) is 20.1 Å². The number of benzene rings is 1. The first-order valence-electron chi connectivity index (χ1n) is 5.34. The van der Waals surface area contributed by atoms with E-state index in [0.717, 1.165) is 36.6 Å². The topological polar surface area (TPSA) is 24.1 Å². The maximum Gasteiger partial charge on any atom is 0.0435 e. The van der Waals surface area contributed by atoms with Gasteiger partial charge in [0.1, 0.15) is 0 Å². The van der Waals surface area contributed by atoms with E-state index in [0.29, 0.717) is 0 Å². The normalized spacial score (nSPS) is 10.6. The van der Waals surface area contributed by atoms with Gasteiger partial charge in [-0.25, -0.2) is 0 Å². The van der Waals surface area contributed by atoms with E-state index in [1.807, 2.05) is 20.0 Å². The molecule has 0 aliphatic carbocycles. The zero-order chi connectivity index (χ0) is 11.1. The predicted molar refractivity (Wildman–Crippen MR) is 66.4 cm³/mol. The second-order valence-electron chi connectivity index (χ2n) is 3.72. The predicted octanol–water partition coefficient (Wildman–Crippen LogP) is 2.35. The van der Waals surface area contributed by atoms with Gasteiger partial charge in [-0.05, 0) is 50.7 Å². The van der Waals surface area contributed by atoms with Crippen molar-refractivity contribution in [3.05, 3.63) is 34.3 Å². The Morgan fingerprint density at radius 3 is 2.73 bits per heavy atom. The van der Waals surface area contributed by atoms with Gasteiger partial charge in [0.2, 0.25) is 0 Å². The fraction of sp³-hybridized carbons (Fsp3) is 0.500. The van der Waals surface area contributed by atoms with Gasteiger partial charge in [0.25, 0.3) is 0 Å². The van der Waals surface area contributed by atoms with Crippen molar-refractivity contribution in [2.75, 3.05) is 20.1 Å². The van der Waals surface area contributed by atoms with Crippen LogP contribution in [0.15, 0.2) is 18.2 Å². The minimum absolute atomic E-state index is 0.842. The SMILES string of the molecule is CNCCCNCc1ccc(Cl)c(C)c1. The van der Waals surface area contributed by atoms with E-state index in [9.17, 15) is 0 Å². The molecule has 0 atom stereocenters. The highest BCUT2D eigenvalue weighted by molar-refractivity contribution is 6.31. The Hall–Kier alpha value is -0.570. The summed E-state index contributed by atoms with van der Waals surface area (Å²) in [5.41, 5.74) is 2.44. The molecule has 0 aromatic heterocycles. The Labute approximate surface area is 97.0 Å². The van der Waals surface area contributed by atoms with Gasteiger partial charge >= 0.3 is 0 Å². The summed E-state index contributed by atoms with van der Waals surface area (Å²) < 4.78 is 0. The van der Waals surface area contributed by atoms with Crippen LogP contribution in [0.3, 0.4) is 0 Å². The van der Waals surface area contributed by atoms with Crippen LogP contribution in [0.2, 0.25) is 5.02 Å². The monoisotopic (exact) mass is 226 g/mol. The average molecular weight is 227 g/mol. The Morgan fingerprint density at radius 1 is 1.27 bits per heavy atom. The lowest BCUT2D eigenvalue weighted by atomic mass is 10.1. The van der Waals surface area contributed by atoms with Crippen LogP contribution in [0.4, 0.5) is 0 Å². The van der Waals surface area contributed by atoms with E-state index < -0.39 is 0 Å². The van der Waals surface area contributed by atoms with E-state index in [-0.39, 0.29) is 0 Å². The summed E-state index contributed by atoms with van der Waals surface area (Å²) in [7, 11) is 1.97. The molecule has 1 aromatic carbocycles. The number of hydrogen-bond donors (Lipinski definition) is 2. The van der Waals surface area contributed by atoms with E-state index in [1.54, 1.807) is 0 Å². The number of hydrogen-bond acceptors (Lipinski definition) is 2. The molecule has 2 nitrogen and oxygen atoms in total. The van der Waals surface area contributed by atoms with E-state index in [1.165, 1.54) is 5.56 Å². The van der Waals surface area contributed by atoms with Crippen molar-refractivity contribution in [1.29, 1.82) is 0 Å². The highest BCUT2D eigenvalue weighted by atomic mass is 35.5. The first-order valence-corrected chi connectivity index (χ1v) is 5.72. The molecule has 0 fully saturated rings. The number of halogens is 1. The summed E-state index contributed by atoms with van der Waals surface area (Å²) in [4.78, 5) is 0. The van der Waals surface area contributed by atoms with E-state index in [2.05, 4.69) is 22.8 Å². The maximum atomic E-state index is 5.95. The van der Waals surface area contributed by atoms with Crippen LogP contribution in [-0.2, 0) is 6.54 Å². The first-order chi connectivity index (χ1) is 7.24. The Bertz CT molecular complexity index is 300. The van der Waals surface area contributed by atoms with Gasteiger partial charge in [0, 0.05) is 11.6 Å². The second kappa shape index (κ2) is 6.83. The minimum Gasteiger partial charge on any atom is -0.320 e. The molecule has 2 N–H and O–H groups in total. The summed E-state index contributed by atoms with van der Waals surface area (Å²) >= 11 is 5.95. The molecule has 1 aromatic rings. The smallest absolute Gasteiger partial charge is 0.0435 e. The fourth-order valence-electron chi connectivity index (χ4n) is 1.44. The largest absolute Gasteiger partial charge is 0.320 e. The molecule has 84 valence electrons. The minimum atomic E-state index is 0.842. The third kappa shape index (κ3) is 4.65. The van der Waals surface area contributed by atoms with Gasteiger partial charge in [0.15, 0.2) is 0 Å². The highest BCUT2D eigenvalue weighted by Crippen LogP contribution is 2.15. The lowest BCUT2D eigenvalue weighted by molar-refractivity contribution is 0.625. The summed E-state index contributed by atoms with van der Waals surface area (Å²) in [5, 5.41) is 7.37. The molecule has 0 radical (unpaired) electrons. The van der Waals surface area contributed by atoms with Gasteiger partial charge in [-0.2, -0.15) is 0 Å². The molecular formula is C12H19ClN2. The molecule has 0 aliphatic heterocycles. The van der Waals surface area contributed by atoms with Crippen molar-refractivity contribution in [2.45, 2.75) is 19.9 Å². The molecule has 15 heavy (non-hydrogen) atoms. The molecule has 0 saturated carbocycles. The van der Waals surface area contributed by atoms with Gasteiger partial charge in [0.05, 0.1) is 0 Å². The zero-order valence-corrected chi connectivity index (χ0v) is 10.2. The molecule has 3 heteroatoms. The summed E-state index contributed by atoms with van der Waals surface area (Å²) in [6, 6.07) is 6.16. The van der Waals surface area contributed by atoms with Crippen LogP contribution in [0.5, 0.6) is 0 Å². The summed E-state index contributed by atoms with van der Waals surface area (Å²) in [6.45, 7) is 5.06. The van der Waals surface area contributed by atoms with Crippen molar-refractivity contribution in [3.8, 4) is 0 Å². The van der Waals surface area contributed by atoms with E-state index >= 15 is 0 Å². The molecule has 0 unspecified atom stereocenters. The quantitative estimate of drug-likeness (QED) is 0.728. The number of aryl methyl sites for hydroxylation is 1. The average Bonchev–Trinajstić information content (AvgIpc) is 2.23. The lowest BCUT2D eigenvalue weighted by Crippen LogP contribution is -2.19. The fourth-order valence-corrected chi connectivity index (χ4v) is 1.56. The molecule has 1 rings (SSSR count). The molecule has 0 spiro atoms. The van der Waals surface area contributed by atoms with Crippen molar-refractivity contribution in [2.24, 2.45) is 0 Å².